The van der Waals surface area contributed by atoms with E-state index in [1.165, 1.54) is 0 Å². The first kappa shape index (κ1) is 12.5. The molecule has 88 valence electrons. The number of hydrogen-bond donors (Lipinski definition) is 2. The second-order valence-electron chi connectivity index (χ2n) is 4.16. The predicted molar refractivity (Wildman–Crippen MR) is 59.4 cm³/mol. The largest absolute Gasteiger partial charge is 0.378 e. The molecule has 1 amide bonds. The average Bonchev–Trinajstić information content (AvgIpc) is 2.63. The lowest BCUT2D eigenvalue weighted by atomic mass is 10.0. The van der Waals surface area contributed by atoms with Crippen molar-refractivity contribution in [3.8, 4) is 0 Å². The normalized spacial score (nSPS) is 27.7. The number of carbonyl (C=O) groups is 1. The third kappa shape index (κ3) is 3.47. The summed E-state index contributed by atoms with van der Waals surface area (Å²) >= 11 is 0. The third-order valence-electron chi connectivity index (χ3n) is 3.07. The maximum Gasteiger partial charge on any atom is 0.226 e. The van der Waals surface area contributed by atoms with Crippen LogP contribution in [-0.4, -0.2) is 31.2 Å². The first-order chi connectivity index (χ1) is 7.19. The molecule has 1 fully saturated rings. The van der Waals surface area contributed by atoms with Gasteiger partial charge in [-0.15, -0.1) is 0 Å². The first-order valence-corrected chi connectivity index (χ1v) is 5.81. The Balaban J connectivity index is 2.39. The molecule has 3 N–H and O–H groups in total. The highest BCUT2D eigenvalue weighted by Crippen LogP contribution is 2.20. The van der Waals surface area contributed by atoms with Crippen molar-refractivity contribution in [3.63, 3.8) is 0 Å². The van der Waals surface area contributed by atoms with E-state index in [9.17, 15) is 4.79 Å². The number of nitrogens with one attached hydrogen (secondary N) is 1. The summed E-state index contributed by atoms with van der Waals surface area (Å²) in [6.07, 6.45) is 2.68. The summed E-state index contributed by atoms with van der Waals surface area (Å²) in [5.74, 6) is 0.150. The Labute approximate surface area is 91.5 Å². The van der Waals surface area contributed by atoms with Crippen LogP contribution in [0.15, 0.2) is 0 Å². The van der Waals surface area contributed by atoms with Gasteiger partial charge in [0.25, 0.3) is 0 Å². The maximum absolute atomic E-state index is 11.9. The first-order valence-electron chi connectivity index (χ1n) is 5.81. The monoisotopic (exact) mass is 214 g/mol. The Morgan fingerprint density at radius 1 is 1.67 bits per heavy atom. The van der Waals surface area contributed by atoms with Crippen LogP contribution in [0.2, 0.25) is 0 Å². The molecule has 15 heavy (non-hydrogen) atoms. The topological polar surface area (TPSA) is 64.3 Å². The number of amides is 1. The zero-order valence-corrected chi connectivity index (χ0v) is 9.66. The van der Waals surface area contributed by atoms with Crippen molar-refractivity contribution in [2.75, 3.05) is 13.2 Å². The summed E-state index contributed by atoms with van der Waals surface area (Å²) in [7, 11) is 0. The van der Waals surface area contributed by atoms with Gasteiger partial charge in [-0.1, -0.05) is 6.92 Å². The van der Waals surface area contributed by atoms with Crippen molar-refractivity contribution >= 4 is 5.91 Å². The van der Waals surface area contributed by atoms with Gasteiger partial charge in [0, 0.05) is 12.6 Å². The number of hydrogen-bond acceptors (Lipinski definition) is 3. The number of rotatable bonds is 5. The van der Waals surface area contributed by atoms with E-state index in [2.05, 4.69) is 12.2 Å². The van der Waals surface area contributed by atoms with Gasteiger partial charge in [-0.05, 0) is 32.7 Å². The van der Waals surface area contributed by atoms with E-state index < -0.39 is 0 Å². The molecule has 3 atom stereocenters. The fourth-order valence-corrected chi connectivity index (χ4v) is 1.96. The quantitative estimate of drug-likeness (QED) is 0.706. The lowest BCUT2D eigenvalue weighted by molar-refractivity contribution is -0.127. The SMILES string of the molecule is CCC(CCN)NC(=O)C1CCOC1C. The van der Waals surface area contributed by atoms with Gasteiger partial charge in [-0.3, -0.25) is 4.79 Å². The van der Waals surface area contributed by atoms with Crippen LogP contribution in [0.5, 0.6) is 0 Å². The predicted octanol–water partition coefficient (Wildman–Crippen LogP) is 0.655. The molecule has 4 heteroatoms. The summed E-state index contributed by atoms with van der Waals surface area (Å²) in [6.45, 7) is 5.35. The van der Waals surface area contributed by atoms with E-state index in [0.29, 0.717) is 13.2 Å². The van der Waals surface area contributed by atoms with Crippen molar-refractivity contribution in [2.45, 2.75) is 45.3 Å². The fourth-order valence-electron chi connectivity index (χ4n) is 1.96. The van der Waals surface area contributed by atoms with Crippen LogP contribution in [-0.2, 0) is 9.53 Å². The van der Waals surface area contributed by atoms with Gasteiger partial charge in [0.15, 0.2) is 0 Å². The molecule has 1 rings (SSSR count). The van der Waals surface area contributed by atoms with E-state index in [0.717, 1.165) is 19.3 Å². The standard InChI is InChI=1S/C11H22N2O2/c1-3-9(4-6-12)13-11(14)10-5-7-15-8(10)2/h8-10H,3-7,12H2,1-2H3,(H,13,14). The van der Waals surface area contributed by atoms with Crippen molar-refractivity contribution in [2.24, 2.45) is 11.7 Å². The minimum Gasteiger partial charge on any atom is -0.378 e. The highest BCUT2D eigenvalue weighted by atomic mass is 16.5. The van der Waals surface area contributed by atoms with Gasteiger partial charge in [0.1, 0.15) is 0 Å². The molecule has 1 aliphatic heterocycles. The highest BCUT2D eigenvalue weighted by Gasteiger charge is 2.31. The summed E-state index contributed by atoms with van der Waals surface area (Å²) in [6, 6.07) is 0.218. The fraction of sp³-hybridized carbons (Fsp3) is 0.909. The second-order valence-corrected chi connectivity index (χ2v) is 4.16. The smallest absolute Gasteiger partial charge is 0.226 e. The summed E-state index contributed by atoms with van der Waals surface area (Å²) < 4.78 is 5.38. The Kier molecular flexibility index (Phi) is 5.05. The summed E-state index contributed by atoms with van der Waals surface area (Å²) in [5.41, 5.74) is 5.49. The van der Waals surface area contributed by atoms with Gasteiger partial charge in [-0.25, -0.2) is 0 Å². The minimum atomic E-state index is 0.0248. The Morgan fingerprint density at radius 3 is 2.87 bits per heavy atom. The summed E-state index contributed by atoms with van der Waals surface area (Å²) in [4.78, 5) is 11.9. The zero-order chi connectivity index (χ0) is 11.3. The molecule has 0 aliphatic carbocycles. The van der Waals surface area contributed by atoms with Crippen LogP contribution in [0.3, 0.4) is 0 Å². The molecule has 4 nitrogen and oxygen atoms in total. The zero-order valence-electron chi connectivity index (χ0n) is 9.66. The van der Waals surface area contributed by atoms with Gasteiger partial charge in [0.2, 0.25) is 5.91 Å². The molecular weight excluding hydrogens is 192 g/mol. The summed E-state index contributed by atoms with van der Waals surface area (Å²) in [5, 5.41) is 3.04. The van der Waals surface area contributed by atoms with Crippen molar-refractivity contribution in [3.05, 3.63) is 0 Å². The van der Waals surface area contributed by atoms with E-state index in [1.54, 1.807) is 0 Å². The molecule has 0 aromatic carbocycles. The lowest BCUT2D eigenvalue weighted by Crippen LogP contribution is -2.41. The van der Waals surface area contributed by atoms with Gasteiger partial charge >= 0.3 is 0 Å². The lowest BCUT2D eigenvalue weighted by Gasteiger charge is -2.20. The number of nitrogens with two attached hydrogens (primary N) is 1. The van der Waals surface area contributed by atoms with Gasteiger partial charge in [-0.2, -0.15) is 0 Å². The Hall–Kier alpha value is -0.610. The molecule has 0 aromatic rings. The van der Waals surface area contributed by atoms with Crippen LogP contribution in [0.25, 0.3) is 0 Å². The average molecular weight is 214 g/mol. The van der Waals surface area contributed by atoms with Crippen molar-refractivity contribution in [1.29, 1.82) is 0 Å². The molecule has 3 unspecified atom stereocenters. The van der Waals surface area contributed by atoms with E-state index in [1.807, 2.05) is 6.92 Å². The van der Waals surface area contributed by atoms with Crippen LogP contribution < -0.4 is 11.1 Å². The van der Waals surface area contributed by atoms with Gasteiger partial charge < -0.3 is 15.8 Å². The molecule has 1 heterocycles. The van der Waals surface area contributed by atoms with Crippen LogP contribution in [0.4, 0.5) is 0 Å². The maximum atomic E-state index is 11.9. The van der Waals surface area contributed by atoms with Crippen LogP contribution in [0, 0.1) is 5.92 Å². The second kappa shape index (κ2) is 6.08. The van der Waals surface area contributed by atoms with Crippen molar-refractivity contribution < 1.29 is 9.53 Å². The van der Waals surface area contributed by atoms with E-state index in [-0.39, 0.29) is 24.0 Å². The third-order valence-corrected chi connectivity index (χ3v) is 3.07. The number of ether oxygens (including phenoxy) is 1. The molecular formula is C11H22N2O2. The molecule has 0 aromatic heterocycles. The molecule has 1 saturated heterocycles. The highest BCUT2D eigenvalue weighted by molar-refractivity contribution is 5.79. The van der Waals surface area contributed by atoms with Crippen LogP contribution >= 0.6 is 0 Å². The number of carbonyl (C=O) groups excluding carboxylic acids is 1. The molecule has 0 radical (unpaired) electrons. The van der Waals surface area contributed by atoms with Crippen LogP contribution in [0.1, 0.15) is 33.1 Å². The van der Waals surface area contributed by atoms with Crippen molar-refractivity contribution in [1.82, 2.24) is 5.32 Å². The molecule has 0 spiro atoms. The molecule has 0 bridgehead atoms. The van der Waals surface area contributed by atoms with E-state index >= 15 is 0 Å². The van der Waals surface area contributed by atoms with E-state index in [4.69, 9.17) is 10.5 Å². The molecule has 1 aliphatic rings. The Bertz CT molecular complexity index is 209. The Morgan fingerprint density at radius 2 is 2.40 bits per heavy atom. The minimum absolute atomic E-state index is 0.0248. The van der Waals surface area contributed by atoms with Gasteiger partial charge in [0.05, 0.1) is 12.0 Å². The molecule has 0 saturated carbocycles.